The van der Waals surface area contributed by atoms with Gasteiger partial charge in [-0.2, -0.15) is 0 Å². The summed E-state index contributed by atoms with van der Waals surface area (Å²) in [6.07, 6.45) is 3.34. The first-order valence-electron chi connectivity index (χ1n) is 6.99. The lowest BCUT2D eigenvalue weighted by atomic mass is 10.0. The third kappa shape index (κ3) is 4.15. The number of hydrogen-bond acceptors (Lipinski definition) is 4. The molecule has 2 unspecified atom stereocenters. The quantitative estimate of drug-likeness (QED) is 0.788. The average molecular weight is 294 g/mol. The first kappa shape index (κ1) is 15.2. The van der Waals surface area contributed by atoms with Gasteiger partial charge in [-0.15, -0.1) is 11.8 Å². The number of rotatable bonds is 6. The maximum Gasteiger partial charge on any atom is 0.230 e. The molecule has 1 amide bonds. The van der Waals surface area contributed by atoms with Crippen molar-refractivity contribution in [1.29, 1.82) is 0 Å². The fraction of sp³-hybridized carbons (Fsp3) is 0.533. The van der Waals surface area contributed by atoms with Crippen LogP contribution < -0.4 is 15.8 Å². The number of hydrogen-bond donors (Lipinski definition) is 2. The summed E-state index contributed by atoms with van der Waals surface area (Å²) in [6, 6.07) is 8.02. The highest BCUT2D eigenvalue weighted by Crippen LogP contribution is 2.25. The van der Waals surface area contributed by atoms with Gasteiger partial charge in [0.1, 0.15) is 5.75 Å². The van der Waals surface area contributed by atoms with Gasteiger partial charge in [-0.3, -0.25) is 4.79 Å². The number of carbonyl (C=O) groups is 1. The molecule has 5 heteroatoms. The summed E-state index contributed by atoms with van der Waals surface area (Å²) >= 11 is 1.53. The number of ether oxygens (including phenoxy) is 1. The van der Waals surface area contributed by atoms with Gasteiger partial charge in [0.25, 0.3) is 0 Å². The molecule has 2 atom stereocenters. The third-order valence-electron chi connectivity index (χ3n) is 3.72. The van der Waals surface area contributed by atoms with Crippen LogP contribution in [-0.4, -0.2) is 31.4 Å². The Hall–Kier alpha value is -1.20. The topological polar surface area (TPSA) is 64.3 Å². The summed E-state index contributed by atoms with van der Waals surface area (Å²) in [7, 11) is 1.64. The van der Waals surface area contributed by atoms with Crippen LogP contribution in [0.15, 0.2) is 29.2 Å². The van der Waals surface area contributed by atoms with Gasteiger partial charge in [-0.1, -0.05) is 12.5 Å². The molecule has 1 aromatic carbocycles. The monoisotopic (exact) mass is 294 g/mol. The second-order valence-corrected chi connectivity index (χ2v) is 6.12. The van der Waals surface area contributed by atoms with E-state index < -0.39 is 0 Å². The summed E-state index contributed by atoms with van der Waals surface area (Å²) in [5.74, 6) is 1.78. The number of carbonyl (C=O) groups excluding carboxylic acids is 1. The van der Waals surface area contributed by atoms with E-state index in [0.29, 0.717) is 18.2 Å². The van der Waals surface area contributed by atoms with Crippen molar-refractivity contribution in [1.82, 2.24) is 5.32 Å². The summed E-state index contributed by atoms with van der Waals surface area (Å²) in [5.41, 5.74) is 5.73. The predicted octanol–water partition coefficient (Wildman–Crippen LogP) is 2.03. The van der Waals surface area contributed by atoms with E-state index in [0.717, 1.165) is 29.9 Å². The molecule has 0 radical (unpaired) electrons. The molecule has 0 bridgehead atoms. The molecule has 20 heavy (non-hydrogen) atoms. The minimum absolute atomic E-state index is 0.0863. The average Bonchev–Trinajstić information content (AvgIpc) is 2.92. The van der Waals surface area contributed by atoms with E-state index >= 15 is 0 Å². The molecule has 1 fully saturated rings. The molecule has 2 rings (SSSR count). The molecule has 1 aromatic rings. The Bertz CT molecular complexity index is 453. The SMILES string of the molecule is COc1cccc(SCC(=O)NC2CCCC2CN)c1. The van der Waals surface area contributed by atoms with Crippen molar-refractivity contribution in [2.75, 3.05) is 19.4 Å². The Morgan fingerprint density at radius 2 is 2.35 bits per heavy atom. The lowest BCUT2D eigenvalue weighted by Gasteiger charge is -2.19. The van der Waals surface area contributed by atoms with Crippen LogP contribution >= 0.6 is 11.8 Å². The highest BCUT2D eigenvalue weighted by Gasteiger charge is 2.27. The number of amides is 1. The normalized spacial score (nSPS) is 21.7. The van der Waals surface area contributed by atoms with Gasteiger partial charge in [0.15, 0.2) is 0 Å². The highest BCUT2D eigenvalue weighted by molar-refractivity contribution is 8.00. The van der Waals surface area contributed by atoms with Gasteiger partial charge in [-0.05, 0) is 43.5 Å². The van der Waals surface area contributed by atoms with Crippen LogP contribution in [0.3, 0.4) is 0 Å². The van der Waals surface area contributed by atoms with Gasteiger partial charge in [-0.25, -0.2) is 0 Å². The van der Waals surface area contributed by atoms with Crippen LogP contribution in [0.2, 0.25) is 0 Å². The molecular formula is C15H22N2O2S. The van der Waals surface area contributed by atoms with Gasteiger partial charge < -0.3 is 15.8 Å². The van der Waals surface area contributed by atoms with E-state index in [1.807, 2.05) is 24.3 Å². The maximum absolute atomic E-state index is 12.0. The van der Waals surface area contributed by atoms with Crippen molar-refractivity contribution in [2.24, 2.45) is 11.7 Å². The second kappa shape index (κ2) is 7.55. The largest absolute Gasteiger partial charge is 0.497 e. The molecule has 0 spiro atoms. The van der Waals surface area contributed by atoms with Crippen molar-refractivity contribution in [2.45, 2.75) is 30.2 Å². The molecule has 0 saturated heterocycles. The zero-order valence-corrected chi connectivity index (χ0v) is 12.6. The molecule has 1 saturated carbocycles. The summed E-state index contributed by atoms with van der Waals surface area (Å²) in [4.78, 5) is 13.0. The lowest BCUT2D eigenvalue weighted by molar-refractivity contribution is -0.119. The van der Waals surface area contributed by atoms with E-state index in [1.165, 1.54) is 11.8 Å². The minimum Gasteiger partial charge on any atom is -0.497 e. The number of thioether (sulfide) groups is 1. The number of nitrogens with two attached hydrogens (primary N) is 1. The molecule has 1 aliphatic rings. The Labute approximate surface area is 124 Å². The van der Waals surface area contributed by atoms with E-state index in [2.05, 4.69) is 5.32 Å². The van der Waals surface area contributed by atoms with Crippen molar-refractivity contribution in [3.63, 3.8) is 0 Å². The molecular weight excluding hydrogens is 272 g/mol. The zero-order chi connectivity index (χ0) is 14.4. The number of nitrogens with one attached hydrogen (secondary N) is 1. The Morgan fingerprint density at radius 3 is 3.10 bits per heavy atom. The van der Waals surface area contributed by atoms with Crippen LogP contribution in [0.1, 0.15) is 19.3 Å². The smallest absolute Gasteiger partial charge is 0.230 e. The van der Waals surface area contributed by atoms with Crippen LogP contribution in [0.25, 0.3) is 0 Å². The van der Waals surface area contributed by atoms with Gasteiger partial charge in [0, 0.05) is 10.9 Å². The Kier molecular flexibility index (Phi) is 5.73. The van der Waals surface area contributed by atoms with Crippen molar-refractivity contribution < 1.29 is 9.53 Å². The van der Waals surface area contributed by atoms with E-state index in [4.69, 9.17) is 10.5 Å². The lowest BCUT2D eigenvalue weighted by Crippen LogP contribution is -2.40. The standard InChI is InChI=1S/C15H22N2O2S/c1-19-12-5-3-6-13(8-12)20-10-15(18)17-14-7-2-4-11(14)9-16/h3,5-6,8,11,14H,2,4,7,9-10,16H2,1H3,(H,17,18). The fourth-order valence-electron chi connectivity index (χ4n) is 2.60. The summed E-state index contributed by atoms with van der Waals surface area (Å²) < 4.78 is 5.17. The first-order valence-corrected chi connectivity index (χ1v) is 7.97. The van der Waals surface area contributed by atoms with Crippen molar-refractivity contribution in [3.8, 4) is 5.75 Å². The third-order valence-corrected chi connectivity index (χ3v) is 4.71. The number of methoxy groups -OCH3 is 1. The Balaban J connectivity index is 1.79. The minimum atomic E-state index is 0.0863. The van der Waals surface area contributed by atoms with Gasteiger partial charge in [0.05, 0.1) is 12.9 Å². The zero-order valence-electron chi connectivity index (χ0n) is 11.8. The van der Waals surface area contributed by atoms with E-state index in [1.54, 1.807) is 7.11 Å². The van der Waals surface area contributed by atoms with E-state index in [9.17, 15) is 4.79 Å². The summed E-state index contributed by atoms with van der Waals surface area (Å²) in [5, 5.41) is 3.11. The van der Waals surface area contributed by atoms with Crippen molar-refractivity contribution >= 4 is 17.7 Å². The van der Waals surface area contributed by atoms with Gasteiger partial charge >= 0.3 is 0 Å². The van der Waals surface area contributed by atoms with Crippen LogP contribution in [-0.2, 0) is 4.79 Å². The highest BCUT2D eigenvalue weighted by atomic mass is 32.2. The molecule has 3 N–H and O–H groups in total. The van der Waals surface area contributed by atoms with Crippen LogP contribution in [0, 0.1) is 5.92 Å². The van der Waals surface area contributed by atoms with Crippen LogP contribution in [0.5, 0.6) is 5.75 Å². The van der Waals surface area contributed by atoms with Crippen LogP contribution in [0.4, 0.5) is 0 Å². The fourth-order valence-corrected chi connectivity index (χ4v) is 3.35. The van der Waals surface area contributed by atoms with Gasteiger partial charge in [0.2, 0.25) is 5.91 Å². The van der Waals surface area contributed by atoms with E-state index in [-0.39, 0.29) is 11.9 Å². The predicted molar refractivity (Wildman–Crippen MR) is 82.0 cm³/mol. The molecule has 0 aromatic heterocycles. The van der Waals surface area contributed by atoms with Crippen molar-refractivity contribution in [3.05, 3.63) is 24.3 Å². The molecule has 0 aliphatic heterocycles. The summed E-state index contributed by atoms with van der Waals surface area (Å²) in [6.45, 7) is 0.661. The Morgan fingerprint density at radius 1 is 1.50 bits per heavy atom. The number of benzene rings is 1. The molecule has 4 nitrogen and oxygen atoms in total. The molecule has 0 heterocycles. The molecule has 110 valence electrons. The molecule has 1 aliphatic carbocycles. The second-order valence-electron chi connectivity index (χ2n) is 5.07. The first-order chi connectivity index (χ1) is 9.72. The maximum atomic E-state index is 12.0.